The normalized spacial score (nSPS) is 13.8. The summed E-state index contributed by atoms with van der Waals surface area (Å²) in [6, 6.07) is 15.6. The number of ether oxygens (including phenoxy) is 5. The van der Waals surface area contributed by atoms with Crippen molar-refractivity contribution in [1.82, 2.24) is 0 Å². The summed E-state index contributed by atoms with van der Waals surface area (Å²) in [5.41, 5.74) is 0.923. The van der Waals surface area contributed by atoms with Gasteiger partial charge >= 0.3 is 11.9 Å². The van der Waals surface area contributed by atoms with Crippen LogP contribution < -0.4 is 18.9 Å². The van der Waals surface area contributed by atoms with Crippen LogP contribution in [0.15, 0.2) is 69.8 Å². The summed E-state index contributed by atoms with van der Waals surface area (Å²) in [5.74, 6) is 0.167. The molecule has 0 bridgehead atoms. The van der Waals surface area contributed by atoms with E-state index in [-0.39, 0.29) is 22.2 Å². The average Bonchev–Trinajstić information content (AvgIpc) is 3.47. The fourth-order valence-electron chi connectivity index (χ4n) is 3.89. The number of carbonyl (C=O) groups excluding carboxylic acids is 2. The maximum atomic E-state index is 13.1. The van der Waals surface area contributed by atoms with Gasteiger partial charge in [-0.3, -0.25) is 0 Å². The molecule has 198 valence electrons. The lowest BCUT2D eigenvalue weighted by Crippen LogP contribution is -2.08. The first-order valence-electron chi connectivity index (χ1n) is 11.3. The maximum absolute atomic E-state index is 13.1. The Balaban J connectivity index is 1.46. The van der Waals surface area contributed by atoms with Crippen LogP contribution in [-0.4, -0.2) is 39.2 Å². The first-order chi connectivity index (χ1) is 18.8. The smallest absolute Gasteiger partial charge is 0.363 e. The predicted molar refractivity (Wildman–Crippen MR) is 153 cm³/mol. The van der Waals surface area contributed by atoms with Crippen molar-refractivity contribution in [3.63, 3.8) is 0 Å². The van der Waals surface area contributed by atoms with Crippen molar-refractivity contribution in [2.24, 2.45) is 4.99 Å². The third-order valence-electron chi connectivity index (χ3n) is 5.72. The minimum Gasteiger partial charge on any atom is -0.493 e. The van der Waals surface area contributed by atoms with Gasteiger partial charge in [0.2, 0.25) is 11.6 Å². The molecule has 2 heterocycles. The number of nitrogens with zero attached hydrogens (tertiary/aromatic N) is 1. The van der Waals surface area contributed by atoms with E-state index in [0.29, 0.717) is 33.4 Å². The summed E-state index contributed by atoms with van der Waals surface area (Å²) in [6.07, 6.45) is 1.49. The number of benzene rings is 3. The second kappa shape index (κ2) is 11.1. The molecule has 0 atom stereocenters. The molecule has 1 aliphatic rings. The molecule has 1 aliphatic heterocycles. The highest BCUT2D eigenvalue weighted by molar-refractivity contribution is 9.10. The minimum atomic E-state index is -0.669. The number of cyclic esters (lactones) is 1. The number of rotatable bonds is 7. The van der Waals surface area contributed by atoms with Gasteiger partial charge in [-0.1, -0.05) is 51.8 Å². The van der Waals surface area contributed by atoms with Crippen LogP contribution in [0.5, 0.6) is 23.0 Å². The Morgan fingerprint density at radius 2 is 1.72 bits per heavy atom. The number of hydrogen-bond acceptors (Lipinski definition) is 9. The summed E-state index contributed by atoms with van der Waals surface area (Å²) in [4.78, 5) is 30.4. The zero-order valence-electron chi connectivity index (χ0n) is 20.7. The summed E-state index contributed by atoms with van der Waals surface area (Å²) < 4.78 is 28.9. The van der Waals surface area contributed by atoms with Crippen molar-refractivity contribution in [2.75, 3.05) is 21.3 Å². The average molecular weight is 629 g/mol. The van der Waals surface area contributed by atoms with Crippen molar-refractivity contribution >= 4 is 72.9 Å². The lowest BCUT2D eigenvalue weighted by atomic mass is 10.1. The summed E-state index contributed by atoms with van der Waals surface area (Å²) in [5, 5.41) is 1.08. The Bertz CT molecular complexity index is 1670. The van der Waals surface area contributed by atoms with Crippen LogP contribution in [0.4, 0.5) is 0 Å². The molecule has 0 saturated heterocycles. The van der Waals surface area contributed by atoms with Gasteiger partial charge in [0.25, 0.3) is 0 Å². The zero-order valence-corrected chi connectivity index (χ0v) is 23.9. The summed E-state index contributed by atoms with van der Waals surface area (Å²) >= 11 is 11.1. The Hall–Kier alpha value is -3.86. The summed E-state index contributed by atoms with van der Waals surface area (Å²) in [6.45, 7) is 0. The van der Waals surface area contributed by atoms with Crippen molar-refractivity contribution in [2.45, 2.75) is 0 Å². The van der Waals surface area contributed by atoms with E-state index in [1.807, 2.05) is 18.2 Å². The SMILES string of the molecule is COc1cc(C2=N/C(=C/c3ccccc3OC(=O)c3sc4cc(Br)ccc4c3Cl)C(=O)O2)cc(OC)c1OC. The fraction of sp³-hybridized carbons (Fsp3) is 0.107. The van der Waals surface area contributed by atoms with Crippen LogP contribution in [0, 0.1) is 0 Å². The molecule has 0 N–H and O–H groups in total. The number of aliphatic imine (C=N–C) groups is 1. The number of halogens is 2. The lowest BCUT2D eigenvalue weighted by Gasteiger charge is -2.13. The molecule has 3 aromatic carbocycles. The quantitative estimate of drug-likeness (QED) is 0.125. The molecular weight excluding hydrogens is 610 g/mol. The van der Waals surface area contributed by atoms with Gasteiger partial charge < -0.3 is 23.7 Å². The van der Waals surface area contributed by atoms with Gasteiger partial charge in [0.05, 0.1) is 26.4 Å². The Morgan fingerprint density at radius 1 is 1.00 bits per heavy atom. The number of methoxy groups -OCH3 is 3. The number of carbonyl (C=O) groups is 2. The molecule has 0 saturated carbocycles. The minimum absolute atomic E-state index is 0.0204. The van der Waals surface area contributed by atoms with Gasteiger partial charge in [-0.15, -0.1) is 11.3 Å². The molecule has 11 heteroatoms. The molecule has 4 aromatic rings. The first-order valence-corrected chi connectivity index (χ1v) is 13.3. The second-order valence-electron chi connectivity index (χ2n) is 8.06. The van der Waals surface area contributed by atoms with Gasteiger partial charge in [0.15, 0.2) is 17.2 Å². The molecule has 39 heavy (non-hydrogen) atoms. The van der Waals surface area contributed by atoms with E-state index in [1.54, 1.807) is 36.4 Å². The van der Waals surface area contributed by atoms with E-state index in [0.717, 1.165) is 14.6 Å². The Kier molecular flexibility index (Phi) is 7.60. The lowest BCUT2D eigenvalue weighted by molar-refractivity contribution is -0.129. The van der Waals surface area contributed by atoms with Gasteiger partial charge in [0.1, 0.15) is 10.6 Å². The number of fused-ring (bicyclic) bond motifs is 1. The molecule has 0 spiro atoms. The second-order valence-corrected chi connectivity index (χ2v) is 10.4. The standard InChI is InChI=1S/C28H19BrClNO7S/c1-34-20-11-15(12-21(35-2)24(20)36-3)26-31-18(27(32)38-26)10-14-6-4-5-7-19(14)37-28(33)25-23(30)17-9-8-16(29)13-22(17)39-25/h4-13H,1-3H3/b18-10+. The predicted octanol–water partition coefficient (Wildman–Crippen LogP) is 6.91. The molecule has 0 amide bonds. The topological polar surface area (TPSA) is 92.7 Å². The van der Waals surface area contributed by atoms with E-state index < -0.39 is 11.9 Å². The number of esters is 2. The van der Waals surface area contributed by atoms with Gasteiger partial charge in [-0.05, 0) is 36.4 Å². The largest absolute Gasteiger partial charge is 0.493 e. The van der Waals surface area contributed by atoms with Crippen molar-refractivity contribution in [1.29, 1.82) is 0 Å². The molecule has 0 radical (unpaired) electrons. The van der Waals surface area contributed by atoms with Crippen LogP contribution >= 0.6 is 38.9 Å². The molecule has 1 aromatic heterocycles. The van der Waals surface area contributed by atoms with Crippen molar-refractivity contribution in [3.05, 3.63) is 85.8 Å². The number of para-hydroxylation sites is 1. The van der Waals surface area contributed by atoms with Crippen LogP contribution in [0.25, 0.3) is 16.2 Å². The Labute approximate surface area is 240 Å². The van der Waals surface area contributed by atoms with Crippen LogP contribution in [0.1, 0.15) is 20.8 Å². The fourth-order valence-corrected chi connectivity index (χ4v) is 5.83. The monoisotopic (exact) mass is 627 g/mol. The van der Waals surface area contributed by atoms with E-state index in [1.165, 1.54) is 38.7 Å². The highest BCUT2D eigenvalue weighted by Gasteiger charge is 2.27. The molecule has 0 fully saturated rings. The van der Waals surface area contributed by atoms with Crippen LogP contribution in [0.3, 0.4) is 0 Å². The van der Waals surface area contributed by atoms with E-state index in [4.69, 9.17) is 35.3 Å². The van der Waals surface area contributed by atoms with Gasteiger partial charge in [-0.25, -0.2) is 14.6 Å². The van der Waals surface area contributed by atoms with Gasteiger partial charge in [0, 0.05) is 25.7 Å². The zero-order chi connectivity index (χ0) is 27.7. The summed E-state index contributed by atoms with van der Waals surface area (Å²) in [7, 11) is 4.46. The maximum Gasteiger partial charge on any atom is 0.363 e. The molecule has 5 rings (SSSR count). The number of hydrogen-bond donors (Lipinski definition) is 0. The highest BCUT2D eigenvalue weighted by Crippen LogP contribution is 2.40. The van der Waals surface area contributed by atoms with Gasteiger partial charge in [-0.2, -0.15) is 0 Å². The van der Waals surface area contributed by atoms with E-state index >= 15 is 0 Å². The number of thiophene rings is 1. The molecule has 0 unspecified atom stereocenters. The van der Waals surface area contributed by atoms with E-state index in [2.05, 4.69) is 20.9 Å². The third-order valence-corrected chi connectivity index (χ3v) is 7.85. The van der Waals surface area contributed by atoms with E-state index in [9.17, 15) is 9.59 Å². The highest BCUT2D eigenvalue weighted by atomic mass is 79.9. The van der Waals surface area contributed by atoms with Crippen LogP contribution in [0.2, 0.25) is 5.02 Å². The first kappa shape index (κ1) is 26.7. The Morgan fingerprint density at radius 3 is 2.41 bits per heavy atom. The molecule has 0 aliphatic carbocycles. The van der Waals surface area contributed by atoms with Crippen molar-refractivity contribution < 1.29 is 33.3 Å². The third kappa shape index (κ3) is 5.23. The molecular formula is C28H19BrClNO7S. The van der Waals surface area contributed by atoms with Crippen LogP contribution in [-0.2, 0) is 9.53 Å². The van der Waals surface area contributed by atoms with Crippen molar-refractivity contribution in [3.8, 4) is 23.0 Å². The molecule has 8 nitrogen and oxygen atoms in total.